The van der Waals surface area contributed by atoms with Gasteiger partial charge >= 0.3 is 0 Å². The van der Waals surface area contributed by atoms with E-state index in [4.69, 9.17) is 5.26 Å². The highest BCUT2D eigenvalue weighted by molar-refractivity contribution is 5.70. The summed E-state index contributed by atoms with van der Waals surface area (Å²) in [6, 6.07) is 6.32. The van der Waals surface area contributed by atoms with Crippen LogP contribution in [0.1, 0.15) is 22.4 Å². The number of hydrogen-bond donors (Lipinski definition) is 0. The summed E-state index contributed by atoms with van der Waals surface area (Å²) >= 11 is 0. The molecule has 0 bridgehead atoms. The number of hydrogen-bond acceptors (Lipinski definition) is 2. The second kappa shape index (κ2) is 4.06. The van der Waals surface area contributed by atoms with Gasteiger partial charge in [-0.1, -0.05) is 12.1 Å². The molecule has 17 heavy (non-hydrogen) atoms. The Bertz CT molecular complexity index is 615. The van der Waals surface area contributed by atoms with Gasteiger partial charge in [-0.05, 0) is 37.5 Å². The van der Waals surface area contributed by atoms with Crippen molar-refractivity contribution in [2.24, 2.45) is 7.05 Å². The van der Waals surface area contributed by atoms with E-state index >= 15 is 0 Å². The molecule has 0 amide bonds. The van der Waals surface area contributed by atoms with Crippen molar-refractivity contribution in [2.45, 2.75) is 20.8 Å². The predicted octanol–water partition coefficient (Wildman–Crippen LogP) is 2.88. The molecule has 0 saturated heterocycles. The van der Waals surface area contributed by atoms with Crippen LogP contribution in [0.3, 0.4) is 0 Å². The first-order valence-corrected chi connectivity index (χ1v) is 5.55. The molecule has 0 atom stereocenters. The average Bonchev–Trinajstić information content (AvgIpc) is 2.67. The molecule has 0 aliphatic heterocycles. The maximum absolute atomic E-state index is 9.15. The first kappa shape index (κ1) is 11.4. The van der Waals surface area contributed by atoms with Crippen LogP contribution in [0, 0.1) is 32.1 Å². The molecule has 0 radical (unpaired) electrons. The number of nitrogens with zero attached hydrogens (tertiary/aromatic N) is 3. The van der Waals surface area contributed by atoms with Gasteiger partial charge in [0.05, 0.1) is 6.33 Å². The summed E-state index contributed by atoms with van der Waals surface area (Å²) in [7, 11) is 1.84. The van der Waals surface area contributed by atoms with Crippen molar-refractivity contribution in [1.82, 2.24) is 9.55 Å². The van der Waals surface area contributed by atoms with Gasteiger partial charge in [0.2, 0.25) is 0 Å². The molecular formula is C14H15N3. The highest BCUT2D eigenvalue weighted by atomic mass is 15.0. The second-order valence-electron chi connectivity index (χ2n) is 4.34. The van der Waals surface area contributed by atoms with Crippen molar-refractivity contribution < 1.29 is 0 Å². The lowest BCUT2D eigenvalue weighted by atomic mass is 9.96. The van der Waals surface area contributed by atoms with Crippen molar-refractivity contribution in [3.8, 4) is 17.3 Å². The minimum absolute atomic E-state index is 0.608. The molecule has 0 N–H and O–H groups in total. The van der Waals surface area contributed by atoms with Gasteiger partial charge < -0.3 is 4.57 Å². The van der Waals surface area contributed by atoms with E-state index < -0.39 is 0 Å². The van der Waals surface area contributed by atoms with Crippen LogP contribution < -0.4 is 0 Å². The lowest BCUT2D eigenvalue weighted by molar-refractivity contribution is 0.897. The van der Waals surface area contributed by atoms with Crippen LogP contribution in [-0.2, 0) is 7.05 Å². The number of benzene rings is 1. The van der Waals surface area contributed by atoms with Crippen molar-refractivity contribution in [3.05, 3.63) is 40.8 Å². The maximum Gasteiger partial charge on any atom is 0.147 e. The minimum atomic E-state index is 0.608. The molecule has 0 fully saturated rings. The van der Waals surface area contributed by atoms with E-state index in [1.807, 2.05) is 13.1 Å². The van der Waals surface area contributed by atoms with Crippen LogP contribution in [0.25, 0.3) is 11.3 Å². The Morgan fingerprint density at radius 2 is 1.88 bits per heavy atom. The molecule has 0 aliphatic carbocycles. The zero-order chi connectivity index (χ0) is 12.6. The zero-order valence-corrected chi connectivity index (χ0v) is 10.6. The van der Waals surface area contributed by atoms with Crippen LogP contribution in [0.2, 0.25) is 0 Å². The molecular weight excluding hydrogens is 210 g/mol. The molecule has 0 aliphatic rings. The van der Waals surface area contributed by atoms with Crippen molar-refractivity contribution >= 4 is 0 Å². The average molecular weight is 225 g/mol. The summed E-state index contributed by atoms with van der Waals surface area (Å²) in [6.07, 6.45) is 1.68. The quantitative estimate of drug-likeness (QED) is 0.748. The Balaban J connectivity index is 2.70. The molecule has 3 nitrogen and oxygen atoms in total. The van der Waals surface area contributed by atoms with Gasteiger partial charge in [-0.3, -0.25) is 0 Å². The van der Waals surface area contributed by atoms with Crippen LogP contribution >= 0.6 is 0 Å². The number of aromatic nitrogens is 2. The molecule has 2 rings (SSSR count). The minimum Gasteiger partial charge on any atom is -0.325 e. The summed E-state index contributed by atoms with van der Waals surface area (Å²) in [5.41, 5.74) is 6.15. The Hall–Kier alpha value is -2.08. The molecule has 86 valence electrons. The highest BCUT2D eigenvalue weighted by Gasteiger charge is 2.14. The van der Waals surface area contributed by atoms with E-state index in [9.17, 15) is 0 Å². The highest BCUT2D eigenvalue weighted by Crippen LogP contribution is 2.28. The normalized spacial score (nSPS) is 10.3. The fraction of sp³-hybridized carbons (Fsp3) is 0.286. The van der Waals surface area contributed by atoms with Gasteiger partial charge in [0.15, 0.2) is 0 Å². The summed E-state index contributed by atoms with van der Waals surface area (Å²) in [5, 5.41) is 9.15. The van der Waals surface area contributed by atoms with Gasteiger partial charge in [-0.15, -0.1) is 0 Å². The third-order valence-corrected chi connectivity index (χ3v) is 3.36. The molecule has 0 unspecified atom stereocenters. The lowest BCUT2D eigenvalue weighted by Gasteiger charge is -2.09. The topological polar surface area (TPSA) is 41.6 Å². The third-order valence-electron chi connectivity index (χ3n) is 3.36. The first-order valence-electron chi connectivity index (χ1n) is 5.55. The van der Waals surface area contributed by atoms with Gasteiger partial charge in [0, 0.05) is 12.6 Å². The molecule has 3 heteroatoms. The molecule has 1 heterocycles. The van der Waals surface area contributed by atoms with Crippen LogP contribution in [-0.4, -0.2) is 9.55 Å². The Kier molecular flexibility index (Phi) is 2.72. The summed E-state index contributed by atoms with van der Waals surface area (Å²) in [4.78, 5) is 4.33. The van der Waals surface area contributed by atoms with E-state index in [-0.39, 0.29) is 0 Å². The summed E-state index contributed by atoms with van der Waals surface area (Å²) < 4.78 is 1.75. The number of rotatable bonds is 1. The molecule has 1 aromatic heterocycles. The van der Waals surface area contributed by atoms with Gasteiger partial charge in [-0.2, -0.15) is 5.26 Å². The summed E-state index contributed by atoms with van der Waals surface area (Å²) in [5.74, 6) is 0. The van der Waals surface area contributed by atoms with Gasteiger partial charge in [0.25, 0.3) is 0 Å². The van der Waals surface area contributed by atoms with Crippen LogP contribution in [0.15, 0.2) is 18.5 Å². The standard InChI is InChI=1S/C14H15N3/c1-9-5-6-12(11(3)10(9)2)14-13(7-15)17(4)8-16-14/h5-6,8H,1-4H3. The van der Waals surface area contributed by atoms with Crippen molar-refractivity contribution in [1.29, 1.82) is 5.26 Å². The first-order chi connectivity index (χ1) is 8.06. The van der Waals surface area contributed by atoms with E-state index in [1.54, 1.807) is 10.9 Å². The number of aryl methyl sites for hydroxylation is 2. The van der Waals surface area contributed by atoms with E-state index in [0.29, 0.717) is 5.69 Å². The van der Waals surface area contributed by atoms with E-state index in [2.05, 4.69) is 37.9 Å². The van der Waals surface area contributed by atoms with Crippen molar-refractivity contribution in [3.63, 3.8) is 0 Å². The van der Waals surface area contributed by atoms with Gasteiger partial charge in [-0.25, -0.2) is 4.98 Å². The largest absolute Gasteiger partial charge is 0.325 e. The number of nitriles is 1. The molecule has 2 aromatic rings. The van der Waals surface area contributed by atoms with Gasteiger partial charge in [0.1, 0.15) is 17.5 Å². The molecule has 1 aromatic carbocycles. The second-order valence-corrected chi connectivity index (χ2v) is 4.34. The third kappa shape index (κ3) is 1.72. The zero-order valence-electron chi connectivity index (χ0n) is 10.6. The molecule has 0 saturated carbocycles. The van der Waals surface area contributed by atoms with Crippen LogP contribution in [0.5, 0.6) is 0 Å². The fourth-order valence-corrected chi connectivity index (χ4v) is 1.97. The Morgan fingerprint density at radius 1 is 1.18 bits per heavy atom. The lowest BCUT2D eigenvalue weighted by Crippen LogP contribution is -1.94. The van der Waals surface area contributed by atoms with E-state index in [1.165, 1.54) is 16.7 Å². The monoisotopic (exact) mass is 225 g/mol. The maximum atomic E-state index is 9.15. The van der Waals surface area contributed by atoms with E-state index in [0.717, 1.165) is 11.3 Å². The number of imidazole rings is 1. The Labute approximate surface area is 101 Å². The Morgan fingerprint density at radius 3 is 2.53 bits per heavy atom. The molecule has 0 spiro atoms. The van der Waals surface area contributed by atoms with Crippen molar-refractivity contribution in [2.75, 3.05) is 0 Å². The van der Waals surface area contributed by atoms with Crippen LogP contribution in [0.4, 0.5) is 0 Å². The smallest absolute Gasteiger partial charge is 0.147 e. The SMILES string of the molecule is Cc1ccc(-c2ncn(C)c2C#N)c(C)c1C. The summed E-state index contributed by atoms with van der Waals surface area (Å²) in [6.45, 7) is 6.27. The predicted molar refractivity (Wildman–Crippen MR) is 67.6 cm³/mol. The fourth-order valence-electron chi connectivity index (χ4n) is 1.97.